The second kappa shape index (κ2) is 15.4. The first-order chi connectivity index (χ1) is 16.9. The lowest BCUT2D eigenvalue weighted by atomic mass is 10.0. The van der Waals surface area contributed by atoms with Crippen LogP contribution in [-0.4, -0.2) is 65.9 Å². The van der Waals surface area contributed by atoms with Crippen LogP contribution in [0, 0.1) is 0 Å². The number of hydrogen-bond acceptors (Lipinski definition) is 8. The molecule has 0 unspecified atom stereocenters. The largest absolute Gasteiger partial charge is 0.370 e. The number of carbonyl (C=O) groups excluding carboxylic acids is 6. The van der Waals surface area contributed by atoms with Gasteiger partial charge in [-0.2, -0.15) is 0 Å². The van der Waals surface area contributed by atoms with E-state index in [4.69, 9.17) is 17.2 Å². The third kappa shape index (κ3) is 11.2. The van der Waals surface area contributed by atoms with Gasteiger partial charge in [-0.15, -0.1) is 0 Å². The SMILES string of the molecule is CCC(=O)[C@H](C)NCC(=O)[C@H](CC(N)=O)NC(=O)[C@H](CCC(N)=O)NC(=O)[C@@H](N)Cc1ccccc1. The minimum atomic E-state index is -1.31. The molecule has 1 aromatic rings. The number of rotatable bonds is 17. The second-order valence-corrected chi connectivity index (χ2v) is 8.48. The van der Waals surface area contributed by atoms with E-state index in [1.54, 1.807) is 38.1 Å². The molecule has 4 amide bonds. The highest BCUT2D eigenvalue weighted by atomic mass is 16.2. The van der Waals surface area contributed by atoms with E-state index >= 15 is 0 Å². The lowest BCUT2D eigenvalue weighted by molar-refractivity contribution is -0.133. The Morgan fingerprint density at radius 1 is 0.861 bits per heavy atom. The van der Waals surface area contributed by atoms with Gasteiger partial charge in [0.15, 0.2) is 5.78 Å². The van der Waals surface area contributed by atoms with Crippen molar-refractivity contribution < 1.29 is 28.8 Å². The fraction of sp³-hybridized carbons (Fsp3) is 0.500. The Balaban J connectivity index is 2.91. The molecule has 0 aromatic heterocycles. The molecule has 4 atom stereocenters. The third-order valence-electron chi connectivity index (χ3n) is 5.47. The van der Waals surface area contributed by atoms with Crippen molar-refractivity contribution in [2.45, 2.75) is 70.1 Å². The summed E-state index contributed by atoms with van der Waals surface area (Å²) in [6.07, 6.45) is -0.384. The standard InChI is InChI=1S/C24H36N6O6/c1-3-19(31)14(2)28-13-20(32)18(12-22(27)34)30-24(36)17(9-10-21(26)33)29-23(35)16(25)11-15-7-5-4-6-8-15/h4-8,14,16-18,28H,3,9-13,25H2,1-2H3,(H2,26,33)(H2,27,34)(H,29,35)(H,30,36)/t14-,16-,17-,18-/m0/s1. The maximum absolute atomic E-state index is 13.0. The molecule has 0 spiro atoms. The van der Waals surface area contributed by atoms with Crippen LogP contribution >= 0.6 is 0 Å². The van der Waals surface area contributed by atoms with E-state index in [9.17, 15) is 28.8 Å². The minimum absolute atomic E-state index is 0.112. The van der Waals surface area contributed by atoms with Crippen LogP contribution in [0.2, 0.25) is 0 Å². The first kappa shape index (κ1) is 30.4. The summed E-state index contributed by atoms with van der Waals surface area (Å²) in [7, 11) is 0. The van der Waals surface area contributed by atoms with Crippen LogP contribution in [0.5, 0.6) is 0 Å². The zero-order valence-electron chi connectivity index (χ0n) is 20.6. The molecule has 12 nitrogen and oxygen atoms in total. The lowest BCUT2D eigenvalue weighted by Gasteiger charge is -2.24. The zero-order chi connectivity index (χ0) is 27.3. The van der Waals surface area contributed by atoms with E-state index in [1.807, 2.05) is 6.07 Å². The molecule has 0 heterocycles. The van der Waals surface area contributed by atoms with Crippen molar-refractivity contribution >= 4 is 35.2 Å². The summed E-state index contributed by atoms with van der Waals surface area (Å²) in [5.74, 6) is -3.69. The van der Waals surface area contributed by atoms with E-state index in [2.05, 4.69) is 16.0 Å². The van der Waals surface area contributed by atoms with Gasteiger partial charge in [0.1, 0.15) is 11.8 Å². The van der Waals surface area contributed by atoms with Crippen molar-refractivity contribution in [2.75, 3.05) is 6.54 Å². The smallest absolute Gasteiger partial charge is 0.243 e. The van der Waals surface area contributed by atoms with Gasteiger partial charge in [-0.05, 0) is 25.3 Å². The topological polar surface area (TPSA) is 217 Å². The molecule has 36 heavy (non-hydrogen) atoms. The van der Waals surface area contributed by atoms with E-state index in [0.717, 1.165) is 5.56 Å². The summed E-state index contributed by atoms with van der Waals surface area (Å²) in [5, 5.41) is 7.65. The third-order valence-corrected chi connectivity index (χ3v) is 5.47. The Bertz CT molecular complexity index is 938. The van der Waals surface area contributed by atoms with Gasteiger partial charge in [-0.1, -0.05) is 37.3 Å². The number of hydrogen-bond donors (Lipinski definition) is 6. The number of ketones is 2. The molecule has 0 bridgehead atoms. The number of amides is 4. The van der Waals surface area contributed by atoms with Gasteiger partial charge in [0, 0.05) is 12.8 Å². The first-order valence-electron chi connectivity index (χ1n) is 11.7. The Kier molecular flexibility index (Phi) is 13.0. The van der Waals surface area contributed by atoms with Crippen molar-refractivity contribution in [2.24, 2.45) is 17.2 Å². The maximum atomic E-state index is 13.0. The molecule has 0 radical (unpaired) electrons. The summed E-state index contributed by atoms with van der Waals surface area (Å²) in [6, 6.07) is 4.88. The Labute approximate surface area is 210 Å². The molecular weight excluding hydrogens is 468 g/mol. The molecule has 0 aliphatic rings. The van der Waals surface area contributed by atoms with Crippen LogP contribution in [0.1, 0.15) is 45.1 Å². The molecule has 0 aliphatic heterocycles. The first-order valence-corrected chi connectivity index (χ1v) is 11.7. The summed E-state index contributed by atoms with van der Waals surface area (Å²) < 4.78 is 0. The Morgan fingerprint density at radius 2 is 1.47 bits per heavy atom. The number of benzene rings is 1. The van der Waals surface area contributed by atoms with Crippen LogP contribution in [0.4, 0.5) is 0 Å². The molecule has 1 rings (SSSR count). The number of nitrogens with two attached hydrogens (primary N) is 3. The second-order valence-electron chi connectivity index (χ2n) is 8.48. The zero-order valence-corrected chi connectivity index (χ0v) is 20.6. The van der Waals surface area contributed by atoms with Crippen molar-refractivity contribution in [3.8, 4) is 0 Å². The number of primary amides is 2. The average molecular weight is 505 g/mol. The summed E-state index contributed by atoms with van der Waals surface area (Å²) in [4.78, 5) is 72.8. The molecule has 0 saturated heterocycles. The number of carbonyl (C=O) groups is 6. The van der Waals surface area contributed by atoms with E-state index in [-0.39, 0.29) is 38.0 Å². The quantitative estimate of drug-likeness (QED) is 0.142. The summed E-state index contributed by atoms with van der Waals surface area (Å²) in [5.41, 5.74) is 17.2. The van der Waals surface area contributed by atoms with E-state index in [1.165, 1.54) is 0 Å². The normalized spacial score (nSPS) is 14.1. The molecule has 1 aromatic carbocycles. The van der Waals surface area contributed by atoms with Gasteiger partial charge in [-0.25, -0.2) is 0 Å². The van der Waals surface area contributed by atoms with Crippen molar-refractivity contribution in [3.63, 3.8) is 0 Å². The van der Waals surface area contributed by atoms with Gasteiger partial charge >= 0.3 is 0 Å². The van der Waals surface area contributed by atoms with Crippen molar-refractivity contribution in [1.29, 1.82) is 0 Å². The summed E-state index contributed by atoms with van der Waals surface area (Å²) >= 11 is 0. The highest BCUT2D eigenvalue weighted by molar-refractivity contribution is 5.97. The monoisotopic (exact) mass is 504 g/mol. The molecule has 9 N–H and O–H groups in total. The van der Waals surface area contributed by atoms with Crippen LogP contribution < -0.4 is 33.2 Å². The predicted molar refractivity (Wildman–Crippen MR) is 132 cm³/mol. The highest BCUT2D eigenvalue weighted by Crippen LogP contribution is 2.05. The maximum Gasteiger partial charge on any atom is 0.243 e. The van der Waals surface area contributed by atoms with Gasteiger partial charge in [-0.3, -0.25) is 28.8 Å². The van der Waals surface area contributed by atoms with Gasteiger partial charge in [0.05, 0.1) is 31.1 Å². The molecule has 0 aliphatic carbocycles. The number of nitrogens with one attached hydrogen (secondary N) is 3. The van der Waals surface area contributed by atoms with Crippen LogP contribution in [0.15, 0.2) is 30.3 Å². The fourth-order valence-electron chi connectivity index (χ4n) is 3.31. The van der Waals surface area contributed by atoms with Crippen LogP contribution in [-0.2, 0) is 35.2 Å². The van der Waals surface area contributed by atoms with E-state index < -0.39 is 60.0 Å². The lowest BCUT2D eigenvalue weighted by Crippen LogP contribution is -2.56. The van der Waals surface area contributed by atoms with Crippen molar-refractivity contribution in [1.82, 2.24) is 16.0 Å². The summed E-state index contributed by atoms with van der Waals surface area (Å²) in [6.45, 7) is 2.98. The van der Waals surface area contributed by atoms with Crippen LogP contribution in [0.25, 0.3) is 0 Å². The fourth-order valence-corrected chi connectivity index (χ4v) is 3.31. The van der Waals surface area contributed by atoms with Crippen molar-refractivity contribution in [3.05, 3.63) is 35.9 Å². The molecule has 198 valence electrons. The molecule has 12 heteroatoms. The van der Waals surface area contributed by atoms with Crippen LogP contribution in [0.3, 0.4) is 0 Å². The minimum Gasteiger partial charge on any atom is -0.370 e. The predicted octanol–water partition coefficient (Wildman–Crippen LogP) is -1.81. The van der Waals surface area contributed by atoms with E-state index in [0.29, 0.717) is 0 Å². The molecule has 0 fully saturated rings. The van der Waals surface area contributed by atoms with Gasteiger partial charge in [0.2, 0.25) is 23.6 Å². The number of Topliss-reactive ketones (excluding diaryl/α,β-unsaturated/α-hetero) is 2. The van der Waals surface area contributed by atoms with Gasteiger partial charge < -0.3 is 33.2 Å². The molecule has 0 saturated carbocycles. The Morgan fingerprint density at radius 3 is 2.03 bits per heavy atom. The highest BCUT2D eigenvalue weighted by Gasteiger charge is 2.29. The average Bonchev–Trinajstić information content (AvgIpc) is 2.83. The Hall–Kier alpha value is -3.64. The van der Waals surface area contributed by atoms with Gasteiger partial charge in [0.25, 0.3) is 0 Å². The molecular formula is C24H36N6O6.